The average Bonchev–Trinajstić information content (AvgIpc) is 3.57. The fraction of sp³-hybridized carbons (Fsp3) is 0.490. The number of aliphatic imine (C=N–C) groups is 1. The first-order valence-electron chi connectivity index (χ1n) is 23.1. The smallest absolute Gasteiger partial charge is 0.279 e. The minimum absolute atomic E-state index is 0.0399. The zero-order chi connectivity index (χ0) is 46.6. The molecule has 0 radical (unpaired) electrons. The highest BCUT2D eigenvalue weighted by Crippen LogP contribution is 2.37. The molecule has 348 valence electrons. The van der Waals surface area contributed by atoms with Gasteiger partial charge in [-0.05, 0) is 99.3 Å². The molecule has 5 amide bonds. The van der Waals surface area contributed by atoms with Crippen molar-refractivity contribution in [1.82, 2.24) is 30.2 Å². The van der Waals surface area contributed by atoms with Crippen molar-refractivity contribution in [3.05, 3.63) is 81.2 Å². The molecule has 6 heterocycles. The van der Waals surface area contributed by atoms with Crippen LogP contribution in [0.3, 0.4) is 0 Å². The number of nitrogens with one attached hydrogen (secondary N) is 2. The van der Waals surface area contributed by atoms with Gasteiger partial charge in [-0.3, -0.25) is 49.8 Å². The molecule has 17 heteroatoms. The molecule has 8 rings (SSSR count). The zero-order valence-electron chi connectivity index (χ0n) is 37.7. The Morgan fingerprint density at radius 2 is 1.76 bits per heavy atom. The van der Waals surface area contributed by atoms with E-state index in [1.807, 2.05) is 4.58 Å². The lowest BCUT2D eigenvalue weighted by Gasteiger charge is -2.38. The molecule has 15 nitrogen and oxygen atoms in total. The minimum atomic E-state index is -2.74. The van der Waals surface area contributed by atoms with Crippen LogP contribution in [0.2, 0.25) is 0 Å². The number of halogens is 2. The number of piperidine rings is 3. The number of allylic oxidation sites excluding steroid dienone is 1. The molecule has 2 aromatic rings. The standard InChI is InChI=1S/C49H58F2N10O5/c1-30(62)59-23-16-40(39(29-59)46(53)60-18-5-8-33-24-37(34(26-52)27-54-2)38(45(50)51)25-42(33)60)55-35-14-21-58(22-15-35)28-31-12-19-57(20-13-31)17-4-7-32-6-3-9-36-44(32)49(66)61(48(36)65)41-10-11-43(63)56-47(41)64/h3,6,9,24-27,31,35,41,45H,5,8,10-23,28-29H2,1-2H3,(H5,52,53,54,55,56,63,64)/p+1. The molecule has 3 fully saturated rings. The van der Waals surface area contributed by atoms with Gasteiger partial charge in [0, 0.05) is 93.8 Å². The van der Waals surface area contributed by atoms with Gasteiger partial charge in [0.25, 0.3) is 24.1 Å². The lowest BCUT2D eigenvalue weighted by Crippen LogP contribution is -2.54. The summed E-state index contributed by atoms with van der Waals surface area (Å²) < 4.78 is 31.1. The molecule has 0 saturated carbocycles. The highest BCUT2D eigenvalue weighted by Gasteiger charge is 2.45. The summed E-state index contributed by atoms with van der Waals surface area (Å²) in [5.74, 6) is 5.18. The van der Waals surface area contributed by atoms with Gasteiger partial charge in [0.15, 0.2) is 0 Å². The second-order valence-electron chi connectivity index (χ2n) is 18.1. The number of amides is 5. The summed E-state index contributed by atoms with van der Waals surface area (Å²) in [5.41, 5.74) is 17.8. The third-order valence-corrected chi connectivity index (χ3v) is 13.9. The third-order valence-electron chi connectivity index (χ3n) is 13.9. The van der Waals surface area contributed by atoms with Crippen LogP contribution in [-0.2, 0) is 20.8 Å². The molecule has 0 bridgehead atoms. The average molecular weight is 906 g/mol. The number of carbonyl (C=O) groups excluding carboxylic acids is 5. The van der Waals surface area contributed by atoms with E-state index in [1.165, 1.54) is 18.5 Å². The first-order chi connectivity index (χ1) is 31.8. The van der Waals surface area contributed by atoms with Gasteiger partial charge in [0.05, 0.1) is 36.3 Å². The normalized spacial score (nSPS) is 22.4. The first kappa shape index (κ1) is 46.3. The van der Waals surface area contributed by atoms with Crippen molar-refractivity contribution < 1.29 is 37.3 Å². The van der Waals surface area contributed by atoms with Crippen molar-refractivity contribution in [3.8, 4) is 11.8 Å². The molecule has 0 aromatic heterocycles. The minimum Gasteiger partial charge on any atom is -0.404 e. The Balaban J connectivity index is 0.869. The van der Waals surface area contributed by atoms with Crippen molar-refractivity contribution in [2.75, 3.05) is 66.0 Å². The topological polar surface area (TPSA) is 190 Å². The van der Waals surface area contributed by atoms with E-state index in [4.69, 9.17) is 11.5 Å². The number of rotatable bonds is 10. The lowest BCUT2D eigenvalue weighted by atomic mass is 9.92. The van der Waals surface area contributed by atoms with Crippen LogP contribution in [0, 0.1) is 17.8 Å². The number of amidine groups is 1. The van der Waals surface area contributed by atoms with Crippen LogP contribution in [0.15, 0.2) is 52.8 Å². The summed E-state index contributed by atoms with van der Waals surface area (Å²) in [7, 11) is 1.57. The van der Waals surface area contributed by atoms with Gasteiger partial charge >= 0.3 is 0 Å². The van der Waals surface area contributed by atoms with E-state index < -0.39 is 36.1 Å². The van der Waals surface area contributed by atoms with E-state index in [0.717, 1.165) is 86.6 Å². The van der Waals surface area contributed by atoms with Gasteiger partial charge < -0.3 is 20.9 Å². The van der Waals surface area contributed by atoms with E-state index in [0.29, 0.717) is 73.2 Å². The van der Waals surface area contributed by atoms with Crippen molar-refractivity contribution in [2.45, 2.75) is 83.2 Å². The summed E-state index contributed by atoms with van der Waals surface area (Å²) in [6.07, 6.45) is 6.31. The molecule has 6 aliphatic rings. The molecule has 6 N–H and O–H groups in total. The maximum absolute atomic E-state index is 14.6. The van der Waals surface area contributed by atoms with Gasteiger partial charge in [-0.2, -0.15) is 0 Å². The molecule has 3 saturated heterocycles. The van der Waals surface area contributed by atoms with Crippen LogP contribution < -0.4 is 22.1 Å². The molecule has 6 aliphatic heterocycles. The van der Waals surface area contributed by atoms with Gasteiger partial charge in [0.1, 0.15) is 11.7 Å². The third kappa shape index (κ3) is 9.66. The number of likely N-dealkylation sites (tertiary alicyclic amines) is 2. The van der Waals surface area contributed by atoms with Crippen molar-refractivity contribution in [3.63, 3.8) is 0 Å². The molecular weight excluding hydrogens is 847 g/mol. The van der Waals surface area contributed by atoms with Gasteiger partial charge in [0.2, 0.25) is 17.7 Å². The molecule has 2 aromatic carbocycles. The predicted molar refractivity (Wildman–Crippen MR) is 246 cm³/mol. The maximum Gasteiger partial charge on any atom is 0.279 e. The van der Waals surface area contributed by atoms with Gasteiger partial charge in [-0.25, -0.2) is 13.4 Å². The Bertz CT molecular complexity index is 2490. The van der Waals surface area contributed by atoms with E-state index in [-0.39, 0.29) is 41.5 Å². The van der Waals surface area contributed by atoms with E-state index in [2.05, 4.69) is 37.3 Å². The Labute approximate surface area is 384 Å². The van der Waals surface area contributed by atoms with Crippen LogP contribution in [-0.4, -0.2) is 144 Å². The summed E-state index contributed by atoms with van der Waals surface area (Å²) in [5, 5.41) is 6.06. The Hall–Kier alpha value is -6.25. The molecular formula is C49H59F2N10O5+. The summed E-state index contributed by atoms with van der Waals surface area (Å²) in [6, 6.07) is 7.51. The number of benzene rings is 2. The van der Waals surface area contributed by atoms with Gasteiger partial charge in [-0.1, -0.05) is 17.9 Å². The van der Waals surface area contributed by atoms with Crippen molar-refractivity contribution in [2.24, 2.45) is 22.4 Å². The second kappa shape index (κ2) is 20.1. The largest absolute Gasteiger partial charge is 0.404 e. The predicted octanol–water partition coefficient (Wildman–Crippen LogP) is 3.30. The Kier molecular flexibility index (Phi) is 14.1. The van der Waals surface area contributed by atoms with E-state index in [9.17, 15) is 32.8 Å². The summed E-state index contributed by atoms with van der Waals surface area (Å²) in [4.78, 5) is 75.1. The number of hydrogen-bond donors (Lipinski definition) is 4. The monoisotopic (exact) mass is 905 g/mol. The highest BCUT2D eigenvalue weighted by atomic mass is 19.3. The van der Waals surface area contributed by atoms with Crippen LogP contribution >= 0.6 is 0 Å². The number of alkyl halides is 2. The second-order valence-corrected chi connectivity index (χ2v) is 18.1. The summed E-state index contributed by atoms with van der Waals surface area (Å²) >= 11 is 0. The number of nitrogens with zero attached hydrogens (tertiary/aromatic N) is 6. The molecule has 1 atom stereocenters. The Morgan fingerprint density at radius 1 is 1.00 bits per heavy atom. The number of fused-ring (bicyclic) bond motifs is 2. The first-order valence-corrected chi connectivity index (χ1v) is 23.1. The lowest BCUT2D eigenvalue weighted by molar-refractivity contribution is -0.447. The van der Waals surface area contributed by atoms with Crippen molar-refractivity contribution in [1.29, 1.82) is 0 Å². The van der Waals surface area contributed by atoms with E-state index in [1.54, 1.807) is 43.1 Å². The van der Waals surface area contributed by atoms with Gasteiger partial charge in [-0.15, -0.1) is 0 Å². The molecule has 0 spiro atoms. The Morgan fingerprint density at radius 3 is 2.45 bits per heavy atom. The maximum atomic E-state index is 14.6. The fourth-order valence-electron chi connectivity index (χ4n) is 10.3. The zero-order valence-corrected chi connectivity index (χ0v) is 37.7. The molecule has 0 aliphatic carbocycles. The van der Waals surface area contributed by atoms with Crippen LogP contribution in [0.5, 0.6) is 0 Å². The van der Waals surface area contributed by atoms with Crippen LogP contribution in [0.4, 0.5) is 14.5 Å². The number of nitrogens with two attached hydrogens (primary N) is 2. The van der Waals surface area contributed by atoms with Crippen LogP contribution in [0.25, 0.3) is 5.57 Å². The summed E-state index contributed by atoms with van der Waals surface area (Å²) in [6.45, 7) is 8.30. The van der Waals surface area contributed by atoms with E-state index >= 15 is 0 Å². The number of aryl methyl sites for hydroxylation is 1. The highest BCUT2D eigenvalue weighted by molar-refractivity contribution is 6.24. The SMILES string of the molecule is CN=C/C(=C\N)c1cc2c(cc1C(F)F)[N+](=C(N)C1=C(NC3CCN(CC4CCN(CC#Cc5cccc6c5C(=O)N(C5CCC(=O)NC5=O)C6=O)CC4)CC3)CCN(C(C)=O)C1)CCC2. The molecule has 1 unspecified atom stereocenters. The van der Waals surface area contributed by atoms with Crippen LogP contribution in [0.1, 0.15) is 108 Å². The fourth-order valence-corrected chi connectivity index (χ4v) is 10.3. The number of hydrogen-bond acceptors (Lipinski definition) is 10. The number of carbonyl (C=O) groups is 5. The molecule has 66 heavy (non-hydrogen) atoms. The van der Waals surface area contributed by atoms with Crippen molar-refractivity contribution >= 4 is 52.8 Å². The quantitative estimate of drug-likeness (QED) is 0.0906. The number of imide groups is 2.